The third kappa shape index (κ3) is 4.30. The molecule has 0 aliphatic rings. The SMILES string of the molecule is O=[N+]([O-])c1ccccc1/C=C\C=N\n1c(-c2ccc(Cl)cc2Cl)n[nH]c1=S. The number of nitro benzene ring substituents is 1. The third-order valence-corrected chi connectivity index (χ3v) is 4.31. The van der Waals surface area contributed by atoms with Crippen molar-refractivity contribution in [1.82, 2.24) is 14.9 Å². The molecule has 3 aromatic rings. The Morgan fingerprint density at radius 3 is 2.78 bits per heavy atom. The number of nitrogens with zero attached hydrogens (tertiary/aromatic N) is 4. The second-order valence-electron chi connectivity index (χ2n) is 5.23. The van der Waals surface area contributed by atoms with Crippen LogP contribution >= 0.6 is 35.4 Å². The number of aromatic nitrogens is 3. The van der Waals surface area contributed by atoms with Crippen LogP contribution in [0, 0.1) is 14.9 Å². The summed E-state index contributed by atoms with van der Waals surface area (Å²) in [4.78, 5) is 10.6. The molecule has 0 radical (unpaired) electrons. The van der Waals surface area contributed by atoms with Crippen LogP contribution in [-0.4, -0.2) is 26.0 Å². The summed E-state index contributed by atoms with van der Waals surface area (Å²) >= 11 is 17.3. The molecular weight excluding hydrogens is 409 g/mol. The fourth-order valence-corrected chi connectivity index (χ4v) is 2.96. The van der Waals surface area contributed by atoms with Crippen LogP contribution in [0.1, 0.15) is 5.56 Å². The molecule has 27 heavy (non-hydrogen) atoms. The molecule has 0 saturated carbocycles. The van der Waals surface area contributed by atoms with Crippen LogP contribution in [0.15, 0.2) is 53.6 Å². The molecule has 0 spiro atoms. The van der Waals surface area contributed by atoms with Gasteiger partial charge in [-0.2, -0.15) is 14.9 Å². The van der Waals surface area contributed by atoms with Crippen LogP contribution in [0.25, 0.3) is 17.5 Å². The van der Waals surface area contributed by atoms with Crippen LogP contribution in [0.2, 0.25) is 10.0 Å². The highest BCUT2D eigenvalue weighted by Gasteiger charge is 2.12. The molecule has 0 saturated heterocycles. The number of hydrogen-bond donors (Lipinski definition) is 1. The van der Waals surface area contributed by atoms with Crippen LogP contribution in [-0.2, 0) is 0 Å². The molecule has 10 heteroatoms. The highest BCUT2D eigenvalue weighted by Crippen LogP contribution is 2.29. The van der Waals surface area contributed by atoms with E-state index in [1.165, 1.54) is 17.0 Å². The predicted octanol–water partition coefficient (Wildman–Crippen LogP) is 5.37. The molecule has 1 aromatic heterocycles. The van der Waals surface area contributed by atoms with Crippen molar-refractivity contribution in [3.05, 3.63) is 79.0 Å². The lowest BCUT2D eigenvalue weighted by atomic mass is 10.2. The van der Waals surface area contributed by atoms with Gasteiger partial charge < -0.3 is 0 Å². The largest absolute Gasteiger partial charge is 0.276 e. The average Bonchev–Trinajstić information content (AvgIpc) is 2.99. The Morgan fingerprint density at radius 1 is 1.26 bits per heavy atom. The Balaban J connectivity index is 1.90. The number of nitro groups is 1. The molecule has 0 amide bonds. The fraction of sp³-hybridized carbons (Fsp3) is 0. The summed E-state index contributed by atoms with van der Waals surface area (Å²) in [5, 5.41) is 23.0. The summed E-state index contributed by atoms with van der Waals surface area (Å²) < 4.78 is 1.67. The molecule has 0 atom stereocenters. The first-order chi connectivity index (χ1) is 13.0. The first-order valence-corrected chi connectivity index (χ1v) is 8.71. The topological polar surface area (TPSA) is 89.1 Å². The zero-order chi connectivity index (χ0) is 19.4. The second kappa shape index (κ2) is 8.26. The number of hydrogen-bond acceptors (Lipinski definition) is 5. The van der Waals surface area contributed by atoms with E-state index in [-0.39, 0.29) is 10.5 Å². The van der Waals surface area contributed by atoms with Crippen molar-refractivity contribution < 1.29 is 4.92 Å². The normalized spacial score (nSPS) is 11.5. The standard InChI is InChI=1S/C17H11Cl2N5O2S/c18-12-7-8-13(14(19)10-12)16-21-22-17(27)23(16)20-9-3-5-11-4-1-2-6-15(11)24(25)26/h1-10H,(H,22,27)/b5-3-,20-9+. The number of nitrogens with one attached hydrogen (secondary N) is 1. The van der Waals surface area contributed by atoms with E-state index in [1.807, 2.05) is 0 Å². The zero-order valence-corrected chi connectivity index (χ0v) is 15.9. The van der Waals surface area contributed by atoms with Crippen LogP contribution in [0.3, 0.4) is 0 Å². The number of para-hydroxylation sites is 1. The van der Waals surface area contributed by atoms with E-state index < -0.39 is 4.92 Å². The summed E-state index contributed by atoms with van der Waals surface area (Å²) in [6.45, 7) is 0. The van der Waals surface area contributed by atoms with Gasteiger partial charge in [0.1, 0.15) is 0 Å². The summed E-state index contributed by atoms with van der Waals surface area (Å²) in [6.07, 6.45) is 4.61. The van der Waals surface area contributed by atoms with Crippen LogP contribution in [0.5, 0.6) is 0 Å². The quantitative estimate of drug-likeness (QED) is 0.260. The molecule has 0 aliphatic carbocycles. The highest BCUT2D eigenvalue weighted by molar-refractivity contribution is 7.71. The zero-order valence-electron chi connectivity index (χ0n) is 13.5. The van der Waals surface area contributed by atoms with E-state index in [9.17, 15) is 10.1 Å². The maximum absolute atomic E-state index is 11.0. The van der Waals surface area contributed by atoms with E-state index in [4.69, 9.17) is 35.4 Å². The molecule has 7 nitrogen and oxygen atoms in total. The lowest BCUT2D eigenvalue weighted by Gasteiger charge is -2.03. The van der Waals surface area contributed by atoms with Gasteiger partial charge in [-0.05, 0) is 48.6 Å². The molecule has 3 rings (SSSR count). The number of H-pyrrole nitrogens is 1. The van der Waals surface area contributed by atoms with Crippen molar-refractivity contribution in [2.75, 3.05) is 0 Å². The van der Waals surface area contributed by atoms with Gasteiger partial charge in [-0.1, -0.05) is 35.3 Å². The Kier molecular flexibility index (Phi) is 5.80. The molecule has 136 valence electrons. The van der Waals surface area contributed by atoms with Crippen molar-refractivity contribution in [1.29, 1.82) is 0 Å². The smallest absolute Gasteiger partial charge is 0.258 e. The van der Waals surface area contributed by atoms with E-state index in [2.05, 4.69) is 15.3 Å². The Labute approximate surface area is 168 Å². The first kappa shape index (κ1) is 19.0. The monoisotopic (exact) mass is 419 g/mol. The molecule has 0 bridgehead atoms. The van der Waals surface area contributed by atoms with Gasteiger partial charge in [0.15, 0.2) is 5.82 Å². The number of rotatable bonds is 5. The Bertz CT molecular complexity index is 1120. The van der Waals surface area contributed by atoms with Gasteiger partial charge in [0.25, 0.3) is 5.69 Å². The first-order valence-electron chi connectivity index (χ1n) is 7.54. The maximum Gasteiger partial charge on any atom is 0.276 e. The molecule has 0 aliphatic heterocycles. The van der Waals surface area contributed by atoms with Gasteiger partial charge in [0.2, 0.25) is 4.77 Å². The Morgan fingerprint density at radius 2 is 2.04 bits per heavy atom. The van der Waals surface area contributed by atoms with Gasteiger partial charge >= 0.3 is 0 Å². The van der Waals surface area contributed by atoms with Crippen LogP contribution in [0.4, 0.5) is 5.69 Å². The molecule has 0 unspecified atom stereocenters. The van der Waals surface area contributed by atoms with E-state index in [1.54, 1.807) is 48.6 Å². The van der Waals surface area contributed by atoms with Crippen molar-refractivity contribution in [2.24, 2.45) is 5.10 Å². The number of aromatic amines is 1. The third-order valence-electron chi connectivity index (χ3n) is 3.50. The summed E-state index contributed by atoms with van der Waals surface area (Å²) in [5.74, 6) is 0.414. The minimum absolute atomic E-state index is 0.00991. The van der Waals surface area contributed by atoms with Gasteiger partial charge in [0, 0.05) is 22.9 Å². The molecule has 0 fully saturated rings. The minimum atomic E-state index is -0.441. The Hall–Kier alpha value is -2.81. The van der Waals surface area contributed by atoms with E-state index in [0.717, 1.165) is 0 Å². The van der Waals surface area contributed by atoms with Gasteiger partial charge in [-0.3, -0.25) is 10.1 Å². The van der Waals surface area contributed by atoms with E-state index >= 15 is 0 Å². The number of halogens is 2. The molecule has 2 aromatic carbocycles. The van der Waals surface area contributed by atoms with Crippen molar-refractivity contribution >= 4 is 53.4 Å². The minimum Gasteiger partial charge on any atom is -0.258 e. The summed E-state index contributed by atoms with van der Waals surface area (Å²) in [6, 6.07) is 11.4. The number of benzene rings is 2. The lowest BCUT2D eigenvalue weighted by Crippen LogP contribution is -1.94. The van der Waals surface area contributed by atoms with Gasteiger partial charge in [-0.15, -0.1) is 0 Å². The number of allylic oxidation sites excluding steroid dienone is 1. The van der Waals surface area contributed by atoms with Gasteiger partial charge in [0.05, 0.1) is 15.5 Å². The second-order valence-corrected chi connectivity index (χ2v) is 6.46. The highest BCUT2D eigenvalue weighted by atomic mass is 35.5. The van der Waals surface area contributed by atoms with E-state index in [0.29, 0.717) is 27.0 Å². The molecule has 1 N–H and O–H groups in total. The van der Waals surface area contributed by atoms with Crippen molar-refractivity contribution in [3.63, 3.8) is 0 Å². The molecule has 1 heterocycles. The maximum atomic E-state index is 11.0. The average molecular weight is 420 g/mol. The van der Waals surface area contributed by atoms with Crippen LogP contribution < -0.4 is 0 Å². The van der Waals surface area contributed by atoms with Gasteiger partial charge in [-0.25, -0.2) is 5.10 Å². The summed E-state index contributed by atoms with van der Waals surface area (Å²) in [7, 11) is 0. The van der Waals surface area contributed by atoms with Crippen molar-refractivity contribution in [2.45, 2.75) is 0 Å². The predicted molar refractivity (Wildman–Crippen MR) is 109 cm³/mol. The fourth-order valence-electron chi connectivity index (χ4n) is 2.29. The lowest BCUT2D eigenvalue weighted by molar-refractivity contribution is -0.385. The van der Waals surface area contributed by atoms with Crippen molar-refractivity contribution in [3.8, 4) is 11.4 Å². The molecular formula is C17H11Cl2N5O2S. The summed E-state index contributed by atoms with van der Waals surface area (Å²) in [5.41, 5.74) is 1.08.